The van der Waals surface area contributed by atoms with Crippen molar-refractivity contribution >= 4 is 6.09 Å². The van der Waals surface area contributed by atoms with Gasteiger partial charge in [-0.25, -0.2) is 18.0 Å². The Kier molecular flexibility index (Phi) is 5.42. The van der Waals surface area contributed by atoms with E-state index in [1.807, 2.05) is 11.8 Å². The van der Waals surface area contributed by atoms with Crippen LogP contribution in [0.15, 0.2) is 12.1 Å². The topological polar surface area (TPSA) is 32.8 Å². The van der Waals surface area contributed by atoms with Crippen LogP contribution in [0.25, 0.3) is 0 Å². The van der Waals surface area contributed by atoms with Gasteiger partial charge in [-0.15, -0.1) is 0 Å². The Morgan fingerprint density at radius 2 is 1.92 bits per heavy atom. The minimum Gasteiger partial charge on any atom is -0.444 e. The van der Waals surface area contributed by atoms with Crippen molar-refractivity contribution in [2.45, 2.75) is 45.9 Å². The number of hydrogen-bond acceptors (Lipinski definition) is 3. The van der Waals surface area contributed by atoms with E-state index in [1.54, 1.807) is 25.7 Å². The number of piperazine rings is 1. The summed E-state index contributed by atoms with van der Waals surface area (Å²) < 4.78 is 45.7. The lowest BCUT2D eigenvalue weighted by Crippen LogP contribution is -2.54. The molecule has 1 heterocycles. The minimum absolute atomic E-state index is 0.0231. The molecule has 7 heteroatoms. The van der Waals surface area contributed by atoms with Crippen LogP contribution < -0.4 is 0 Å². The van der Waals surface area contributed by atoms with Gasteiger partial charge in [0.05, 0.1) is 0 Å². The van der Waals surface area contributed by atoms with Crippen molar-refractivity contribution in [3.63, 3.8) is 0 Å². The molecule has 2 rings (SSSR count). The van der Waals surface area contributed by atoms with Gasteiger partial charge in [0.25, 0.3) is 0 Å². The van der Waals surface area contributed by atoms with Gasteiger partial charge in [0.15, 0.2) is 11.6 Å². The number of nitrogens with zero attached hydrogens (tertiary/aromatic N) is 2. The molecule has 0 saturated carbocycles. The number of hydrogen-bond donors (Lipinski definition) is 0. The monoisotopic (exact) mass is 344 g/mol. The molecule has 1 aliphatic heterocycles. The summed E-state index contributed by atoms with van der Waals surface area (Å²) >= 11 is 0. The Labute approximate surface area is 140 Å². The van der Waals surface area contributed by atoms with Crippen LogP contribution in [0.5, 0.6) is 0 Å². The SMILES string of the molecule is CC1CN(C(=O)OC(C)(C)C)CCN1Cc1cc(F)cc(F)c1F. The number of carbonyl (C=O) groups is 1. The van der Waals surface area contributed by atoms with E-state index in [-0.39, 0.29) is 18.2 Å². The van der Waals surface area contributed by atoms with E-state index in [4.69, 9.17) is 4.74 Å². The molecule has 0 spiro atoms. The zero-order chi connectivity index (χ0) is 18.1. The molecule has 0 aliphatic carbocycles. The number of rotatable bonds is 2. The van der Waals surface area contributed by atoms with Crippen molar-refractivity contribution in [1.29, 1.82) is 0 Å². The van der Waals surface area contributed by atoms with Crippen molar-refractivity contribution in [3.05, 3.63) is 35.1 Å². The fourth-order valence-corrected chi connectivity index (χ4v) is 2.67. The predicted octanol–water partition coefficient (Wildman–Crippen LogP) is 3.55. The Morgan fingerprint density at radius 1 is 1.25 bits per heavy atom. The number of carbonyl (C=O) groups excluding carboxylic acids is 1. The maximum atomic E-state index is 13.8. The van der Waals surface area contributed by atoms with Gasteiger partial charge >= 0.3 is 6.09 Å². The van der Waals surface area contributed by atoms with Gasteiger partial charge in [0.1, 0.15) is 11.4 Å². The average Bonchev–Trinajstić information content (AvgIpc) is 2.44. The van der Waals surface area contributed by atoms with Gasteiger partial charge < -0.3 is 9.64 Å². The molecule has 0 bridgehead atoms. The molecule has 0 aromatic heterocycles. The molecule has 1 atom stereocenters. The average molecular weight is 344 g/mol. The third-order valence-corrected chi connectivity index (χ3v) is 3.86. The smallest absolute Gasteiger partial charge is 0.410 e. The van der Waals surface area contributed by atoms with E-state index in [0.29, 0.717) is 25.7 Å². The lowest BCUT2D eigenvalue weighted by atomic mass is 10.1. The molecular weight excluding hydrogens is 321 g/mol. The maximum Gasteiger partial charge on any atom is 0.410 e. The maximum absolute atomic E-state index is 13.8. The van der Waals surface area contributed by atoms with Crippen LogP contribution in [0.3, 0.4) is 0 Å². The van der Waals surface area contributed by atoms with E-state index >= 15 is 0 Å². The second-order valence-electron chi connectivity index (χ2n) is 7.11. The molecular formula is C17H23F3N2O2. The molecule has 1 amide bonds. The van der Waals surface area contributed by atoms with Crippen molar-refractivity contribution in [3.8, 4) is 0 Å². The fraction of sp³-hybridized carbons (Fsp3) is 0.588. The van der Waals surface area contributed by atoms with Gasteiger partial charge in [0.2, 0.25) is 0 Å². The summed E-state index contributed by atoms with van der Waals surface area (Å²) in [5.74, 6) is -3.02. The van der Waals surface area contributed by atoms with Crippen molar-refractivity contribution in [1.82, 2.24) is 9.80 Å². The third kappa shape index (κ3) is 4.63. The van der Waals surface area contributed by atoms with E-state index in [0.717, 1.165) is 6.07 Å². The first-order valence-electron chi connectivity index (χ1n) is 7.92. The summed E-state index contributed by atoms with van der Waals surface area (Å²) in [5, 5.41) is 0. The minimum atomic E-state index is -1.19. The van der Waals surface area contributed by atoms with E-state index in [1.165, 1.54) is 0 Å². The second-order valence-corrected chi connectivity index (χ2v) is 7.11. The highest BCUT2D eigenvalue weighted by Crippen LogP contribution is 2.20. The summed E-state index contributed by atoms with van der Waals surface area (Å²) in [4.78, 5) is 15.6. The lowest BCUT2D eigenvalue weighted by Gasteiger charge is -2.40. The summed E-state index contributed by atoms with van der Waals surface area (Å²) in [7, 11) is 0. The van der Waals surface area contributed by atoms with Gasteiger partial charge in [-0.1, -0.05) is 0 Å². The van der Waals surface area contributed by atoms with Crippen molar-refractivity contribution in [2.24, 2.45) is 0 Å². The standard InChI is InChI=1S/C17H23F3N2O2/c1-11-9-22(16(23)24-17(2,3)4)6-5-21(11)10-12-7-13(18)8-14(19)15(12)20/h7-8,11H,5-6,9-10H2,1-4H3. The Bertz CT molecular complexity index is 617. The molecule has 1 fully saturated rings. The number of benzene rings is 1. The van der Waals surface area contributed by atoms with Crippen LogP contribution >= 0.6 is 0 Å². The van der Waals surface area contributed by atoms with Crippen LogP contribution in [0.2, 0.25) is 0 Å². The molecule has 134 valence electrons. The molecule has 1 aliphatic rings. The summed E-state index contributed by atoms with van der Waals surface area (Å²) in [6.45, 7) is 8.66. The summed E-state index contributed by atoms with van der Waals surface area (Å²) in [6, 6.07) is 1.45. The number of ether oxygens (including phenoxy) is 1. The molecule has 4 nitrogen and oxygen atoms in total. The van der Waals surface area contributed by atoms with Crippen LogP contribution in [0.4, 0.5) is 18.0 Å². The van der Waals surface area contributed by atoms with Crippen molar-refractivity contribution < 1.29 is 22.7 Å². The highest BCUT2D eigenvalue weighted by Gasteiger charge is 2.30. The van der Waals surface area contributed by atoms with E-state index in [9.17, 15) is 18.0 Å². The summed E-state index contributed by atoms with van der Waals surface area (Å²) in [5.41, 5.74) is -0.593. The molecule has 1 aromatic rings. The summed E-state index contributed by atoms with van der Waals surface area (Å²) in [6.07, 6.45) is -0.392. The zero-order valence-corrected chi connectivity index (χ0v) is 14.4. The first kappa shape index (κ1) is 18.6. The first-order valence-corrected chi connectivity index (χ1v) is 7.92. The predicted molar refractivity (Wildman–Crippen MR) is 84.0 cm³/mol. The lowest BCUT2D eigenvalue weighted by molar-refractivity contribution is 0.00443. The largest absolute Gasteiger partial charge is 0.444 e. The van der Waals surface area contributed by atoms with Gasteiger partial charge in [-0.2, -0.15) is 0 Å². The van der Waals surface area contributed by atoms with Gasteiger partial charge in [-0.05, 0) is 33.8 Å². The number of halogens is 3. The van der Waals surface area contributed by atoms with Crippen LogP contribution in [0, 0.1) is 17.5 Å². The van der Waals surface area contributed by atoms with Gasteiger partial charge in [0, 0.05) is 43.9 Å². The fourth-order valence-electron chi connectivity index (χ4n) is 2.67. The third-order valence-electron chi connectivity index (χ3n) is 3.86. The van der Waals surface area contributed by atoms with Crippen LogP contribution in [0.1, 0.15) is 33.3 Å². The molecule has 1 saturated heterocycles. The highest BCUT2D eigenvalue weighted by atomic mass is 19.2. The highest BCUT2D eigenvalue weighted by molar-refractivity contribution is 5.68. The Morgan fingerprint density at radius 3 is 2.50 bits per heavy atom. The van der Waals surface area contributed by atoms with Crippen LogP contribution in [-0.4, -0.2) is 47.2 Å². The van der Waals surface area contributed by atoms with Crippen molar-refractivity contribution in [2.75, 3.05) is 19.6 Å². The molecule has 0 radical (unpaired) electrons. The van der Waals surface area contributed by atoms with Crippen LogP contribution in [-0.2, 0) is 11.3 Å². The number of amides is 1. The molecule has 24 heavy (non-hydrogen) atoms. The zero-order valence-electron chi connectivity index (χ0n) is 14.4. The van der Waals surface area contributed by atoms with E-state index < -0.39 is 29.1 Å². The first-order chi connectivity index (χ1) is 11.1. The van der Waals surface area contributed by atoms with Gasteiger partial charge in [-0.3, -0.25) is 4.90 Å². The quantitative estimate of drug-likeness (QED) is 0.769. The Balaban J connectivity index is 2.01. The Hall–Kier alpha value is -1.76. The normalized spacial score (nSPS) is 19.5. The second kappa shape index (κ2) is 7.01. The molecule has 0 N–H and O–H groups in total. The molecule has 1 aromatic carbocycles. The van der Waals surface area contributed by atoms with E-state index in [2.05, 4.69) is 0 Å². The molecule has 1 unspecified atom stereocenters.